The van der Waals surface area contributed by atoms with Gasteiger partial charge < -0.3 is 9.88 Å². The number of nitriles is 1. The van der Waals surface area contributed by atoms with Crippen molar-refractivity contribution >= 4 is 16.7 Å². The fourth-order valence-corrected chi connectivity index (χ4v) is 5.09. The molecule has 0 aliphatic carbocycles. The Labute approximate surface area is 232 Å². The molecule has 1 amide bonds. The zero-order valence-corrected chi connectivity index (χ0v) is 23.3. The molecule has 0 spiro atoms. The van der Waals surface area contributed by atoms with E-state index in [1.54, 1.807) is 12.5 Å². The molecule has 1 N–H and O–H groups in total. The molecule has 2 unspecified atom stereocenters. The van der Waals surface area contributed by atoms with Crippen molar-refractivity contribution in [2.45, 2.75) is 59.2 Å². The summed E-state index contributed by atoms with van der Waals surface area (Å²) in [4.78, 5) is 20.1. The Morgan fingerprint density at radius 1 is 1.08 bits per heavy atom. The summed E-state index contributed by atoms with van der Waals surface area (Å²) < 4.78 is 2.00. The predicted molar refractivity (Wildman–Crippen MR) is 157 cm³/mol. The number of imidazole rings is 1. The molecule has 0 saturated carbocycles. The summed E-state index contributed by atoms with van der Waals surface area (Å²) in [6.07, 6.45) is 5.86. The molecule has 4 rings (SSSR count). The summed E-state index contributed by atoms with van der Waals surface area (Å²) >= 11 is 0. The number of carbonyl (C=O) groups is 1. The van der Waals surface area contributed by atoms with Crippen LogP contribution in [0.2, 0.25) is 0 Å². The van der Waals surface area contributed by atoms with Gasteiger partial charge in [-0.05, 0) is 52.9 Å². The molecule has 0 radical (unpaired) electrons. The summed E-state index contributed by atoms with van der Waals surface area (Å²) in [5.74, 6) is 0.368. The first-order chi connectivity index (χ1) is 19.0. The first kappa shape index (κ1) is 28.1. The summed E-state index contributed by atoms with van der Waals surface area (Å²) in [7, 11) is 0. The molecule has 1 aromatic heterocycles. The van der Waals surface area contributed by atoms with Crippen LogP contribution in [0.15, 0.2) is 79.3 Å². The van der Waals surface area contributed by atoms with Crippen LogP contribution >= 0.6 is 0 Å². The van der Waals surface area contributed by atoms with Crippen LogP contribution in [-0.4, -0.2) is 39.5 Å². The fraction of sp³-hybridized carbons (Fsp3) is 0.364. The number of aromatic nitrogens is 2. The highest BCUT2D eigenvalue weighted by Gasteiger charge is 2.22. The summed E-state index contributed by atoms with van der Waals surface area (Å²) in [6, 6.07) is 24.8. The van der Waals surface area contributed by atoms with Gasteiger partial charge in [-0.1, -0.05) is 81.8 Å². The number of rotatable bonds is 13. The van der Waals surface area contributed by atoms with Crippen LogP contribution in [0.3, 0.4) is 0 Å². The Morgan fingerprint density at radius 3 is 2.59 bits per heavy atom. The van der Waals surface area contributed by atoms with E-state index in [0.717, 1.165) is 43.7 Å². The van der Waals surface area contributed by atoms with Crippen LogP contribution in [0.4, 0.5) is 0 Å². The van der Waals surface area contributed by atoms with E-state index in [-0.39, 0.29) is 18.4 Å². The van der Waals surface area contributed by atoms with Gasteiger partial charge in [-0.25, -0.2) is 4.98 Å². The molecule has 0 aliphatic heterocycles. The largest absolute Gasteiger partial charge is 0.351 e. The fourth-order valence-electron chi connectivity index (χ4n) is 5.09. The highest BCUT2D eigenvalue weighted by atomic mass is 16.1. The number of carbonyl (C=O) groups excluding carboxylic acids is 1. The first-order valence-electron chi connectivity index (χ1n) is 14.0. The van der Waals surface area contributed by atoms with Crippen molar-refractivity contribution in [3.63, 3.8) is 0 Å². The second-order valence-electron chi connectivity index (χ2n) is 10.4. The number of hydrogen-bond acceptors (Lipinski definition) is 4. The number of nitrogens with one attached hydrogen (secondary N) is 1. The highest BCUT2D eigenvalue weighted by molar-refractivity contribution is 5.85. The minimum absolute atomic E-state index is 0.0171. The average molecular weight is 522 g/mol. The van der Waals surface area contributed by atoms with Crippen molar-refractivity contribution in [1.82, 2.24) is 19.8 Å². The third-order valence-electron chi connectivity index (χ3n) is 7.52. The second kappa shape index (κ2) is 13.7. The van der Waals surface area contributed by atoms with E-state index in [1.807, 2.05) is 28.8 Å². The van der Waals surface area contributed by atoms with Crippen molar-refractivity contribution in [3.8, 4) is 6.07 Å². The van der Waals surface area contributed by atoms with Gasteiger partial charge >= 0.3 is 0 Å². The van der Waals surface area contributed by atoms with Gasteiger partial charge in [0.05, 0.1) is 24.4 Å². The number of fused-ring (bicyclic) bond motifs is 1. The monoisotopic (exact) mass is 521 g/mol. The van der Waals surface area contributed by atoms with E-state index in [2.05, 4.69) is 84.5 Å². The van der Waals surface area contributed by atoms with Gasteiger partial charge in [0.15, 0.2) is 0 Å². The van der Waals surface area contributed by atoms with E-state index in [9.17, 15) is 4.79 Å². The average Bonchev–Trinajstić information content (AvgIpc) is 3.38. The summed E-state index contributed by atoms with van der Waals surface area (Å²) in [5.41, 5.74) is 3.90. The van der Waals surface area contributed by atoms with E-state index in [0.29, 0.717) is 18.0 Å². The minimum Gasteiger partial charge on any atom is -0.351 e. The molecule has 0 saturated heterocycles. The van der Waals surface area contributed by atoms with Crippen molar-refractivity contribution < 1.29 is 4.79 Å². The van der Waals surface area contributed by atoms with Crippen molar-refractivity contribution in [2.75, 3.05) is 13.1 Å². The normalized spacial score (nSPS) is 12.8. The Morgan fingerprint density at radius 2 is 1.85 bits per heavy atom. The maximum absolute atomic E-state index is 13.3. The molecule has 0 fully saturated rings. The maximum Gasteiger partial charge on any atom is 0.226 e. The van der Waals surface area contributed by atoms with Gasteiger partial charge in [0, 0.05) is 37.6 Å². The van der Waals surface area contributed by atoms with Crippen LogP contribution in [0.5, 0.6) is 0 Å². The van der Waals surface area contributed by atoms with Crippen molar-refractivity contribution in [2.24, 2.45) is 5.92 Å². The van der Waals surface area contributed by atoms with Crippen LogP contribution < -0.4 is 5.32 Å². The molecule has 6 heteroatoms. The topological polar surface area (TPSA) is 74.0 Å². The van der Waals surface area contributed by atoms with Gasteiger partial charge in [-0.3, -0.25) is 9.69 Å². The zero-order valence-electron chi connectivity index (χ0n) is 23.3. The molecular formula is C33H39N5O. The van der Waals surface area contributed by atoms with Crippen LogP contribution in [0.1, 0.15) is 56.0 Å². The number of hydrogen-bond donors (Lipinski definition) is 1. The van der Waals surface area contributed by atoms with Crippen LogP contribution in [0, 0.1) is 17.2 Å². The van der Waals surface area contributed by atoms with Crippen molar-refractivity contribution in [3.05, 3.63) is 102 Å². The molecule has 39 heavy (non-hydrogen) atoms. The first-order valence-corrected chi connectivity index (χ1v) is 14.0. The molecule has 3 aromatic carbocycles. The van der Waals surface area contributed by atoms with Crippen molar-refractivity contribution in [1.29, 1.82) is 5.26 Å². The lowest BCUT2D eigenvalue weighted by Crippen LogP contribution is -2.47. The van der Waals surface area contributed by atoms with Gasteiger partial charge in [-0.15, -0.1) is 0 Å². The molecule has 2 atom stereocenters. The van der Waals surface area contributed by atoms with E-state index >= 15 is 0 Å². The maximum atomic E-state index is 13.3. The predicted octanol–water partition coefficient (Wildman–Crippen LogP) is 5.94. The van der Waals surface area contributed by atoms with Gasteiger partial charge in [0.1, 0.15) is 0 Å². The SMILES string of the molecule is CCCN(Cc1cccc2ccccc12)CC(NC(=O)Cc1cncn1Cc1ccc(C#N)cc1)C(C)CC. The third kappa shape index (κ3) is 7.55. The Bertz CT molecular complexity index is 1400. The summed E-state index contributed by atoms with van der Waals surface area (Å²) in [6.45, 7) is 9.87. The molecule has 1 heterocycles. The molecular weight excluding hydrogens is 482 g/mol. The van der Waals surface area contributed by atoms with Crippen LogP contribution in [0.25, 0.3) is 10.8 Å². The van der Waals surface area contributed by atoms with E-state index in [1.165, 1.54) is 16.3 Å². The smallest absolute Gasteiger partial charge is 0.226 e. The van der Waals surface area contributed by atoms with E-state index < -0.39 is 0 Å². The molecule has 0 bridgehead atoms. The number of benzene rings is 3. The lowest BCUT2D eigenvalue weighted by molar-refractivity contribution is -0.121. The minimum atomic E-state index is 0.0171. The van der Waals surface area contributed by atoms with Crippen LogP contribution in [-0.2, 0) is 24.3 Å². The number of nitrogens with zero attached hydrogens (tertiary/aromatic N) is 4. The summed E-state index contributed by atoms with van der Waals surface area (Å²) in [5, 5.41) is 15.0. The molecule has 4 aromatic rings. The quantitative estimate of drug-likeness (QED) is 0.236. The standard InChI is InChI=1S/C33H39N5O/c1-4-17-37(22-29-11-8-10-28-9-6-7-12-31(28)29)23-32(25(3)5-2)36-33(39)18-30-20-35-24-38(30)21-27-15-13-26(19-34)14-16-27/h6-16,20,24-25,32H,4-5,17-18,21-23H2,1-3H3,(H,36,39). The Kier molecular flexibility index (Phi) is 9.88. The Hall–Kier alpha value is -3.95. The lowest BCUT2D eigenvalue weighted by Gasteiger charge is -2.31. The number of amides is 1. The zero-order chi connectivity index (χ0) is 27.6. The van der Waals surface area contributed by atoms with E-state index in [4.69, 9.17) is 5.26 Å². The molecule has 6 nitrogen and oxygen atoms in total. The van der Waals surface area contributed by atoms with Gasteiger partial charge in [0.25, 0.3) is 0 Å². The second-order valence-corrected chi connectivity index (χ2v) is 10.4. The molecule has 0 aliphatic rings. The van der Waals surface area contributed by atoms with Gasteiger partial charge in [-0.2, -0.15) is 5.26 Å². The highest BCUT2D eigenvalue weighted by Crippen LogP contribution is 2.21. The lowest BCUT2D eigenvalue weighted by atomic mass is 9.97. The third-order valence-corrected chi connectivity index (χ3v) is 7.52. The van der Waals surface area contributed by atoms with Gasteiger partial charge in [0.2, 0.25) is 5.91 Å². The Balaban J connectivity index is 1.43. The molecule has 202 valence electrons.